The van der Waals surface area contributed by atoms with Crippen molar-refractivity contribution in [1.82, 2.24) is 13.3 Å². The molecule has 0 fully saturated rings. The first-order valence-corrected chi connectivity index (χ1v) is 10.3. The molecule has 1 aliphatic rings. The number of imide groups is 1. The third kappa shape index (κ3) is 1.85. The second kappa shape index (κ2) is 5.19. The van der Waals surface area contributed by atoms with Crippen LogP contribution in [-0.2, 0) is 0 Å². The monoisotopic (exact) mass is 417 g/mol. The summed E-state index contributed by atoms with van der Waals surface area (Å²) in [5, 5.41) is 6.35. The van der Waals surface area contributed by atoms with E-state index in [0.29, 0.717) is 11.1 Å². The van der Waals surface area contributed by atoms with E-state index >= 15 is 0 Å². The number of nitrogens with one attached hydrogen (secondary N) is 1. The van der Waals surface area contributed by atoms with E-state index in [1.807, 2.05) is 35.0 Å². The molecule has 2 amide bonds. The van der Waals surface area contributed by atoms with Gasteiger partial charge in [0.05, 0.1) is 0 Å². The molecule has 0 radical (unpaired) electrons. The number of fused-ring (bicyclic) bond motifs is 2. The maximum absolute atomic E-state index is 12.5. The number of aromatic nitrogens is 2. The molecule has 4 heterocycles. The molecule has 5 rings (SSSR count). The van der Waals surface area contributed by atoms with Gasteiger partial charge < -0.3 is 0 Å². The first kappa shape index (κ1) is 14.2. The van der Waals surface area contributed by atoms with E-state index in [2.05, 4.69) is 13.3 Å². The van der Waals surface area contributed by atoms with E-state index < -0.39 is 0 Å². The Hall–Kier alpha value is -2.12. The van der Waals surface area contributed by atoms with Gasteiger partial charge in [0, 0.05) is 0 Å². The van der Waals surface area contributed by atoms with Crippen LogP contribution < -0.4 is 5.32 Å². The van der Waals surface area contributed by atoms with Crippen molar-refractivity contribution in [3.8, 4) is 20.9 Å². The molecule has 0 saturated heterocycles. The summed E-state index contributed by atoms with van der Waals surface area (Å²) in [6, 6.07) is 7.75. The van der Waals surface area contributed by atoms with E-state index in [1.54, 1.807) is 0 Å². The molecule has 0 unspecified atom stereocenters. The van der Waals surface area contributed by atoms with Crippen LogP contribution in [-0.4, -0.2) is 34.7 Å². The molecule has 0 saturated carbocycles. The van der Waals surface area contributed by atoms with Crippen molar-refractivity contribution in [3.63, 3.8) is 0 Å². The Balaban J connectivity index is 2.02. The van der Waals surface area contributed by atoms with Crippen LogP contribution in [0.4, 0.5) is 0 Å². The molecule has 8 heteroatoms. The quantitative estimate of drug-likeness (QED) is 0.403. The van der Waals surface area contributed by atoms with Crippen LogP contribution in [0, 0.1) is 0 Å². The Morgan fingerprint density at radius 3 is 1.71 bits per heavy atom. The van der Waals surface area contributed by atoms with Gasteiger partial charge in [-0.05, 0) is 0 Å². The van der Waals surface area contributed by atoms with Crippen molar-refractivity contribution >= 4 is 60.5 Å². The summed E-state index contributed by atoms with van der Waals surface area (Å²) in [4.78, 5) is 26.9. The van der Waals surface area contributed by atoms with Gasteiger partial charge in [-0.1, -0.05) is 0 Å². The molecule has 24 heavy (non-hydrogen) atoms. The number of nitrogens with zero attached hydrogens (tertiary/aromatic N) is 2. The third-order valence-electron chi connectivity index (χ3n) is 3.93. The van der Waals surface area contributed by atoms with Crippen LogP contribution in [0.3, 0.4) is 0 Å². The van der Waals surface area contributed by atoms with E-state index in [9.17, 15) is 9.59 Å². The molecule has 1 aromatic carbocycles. The molecule has 1 aliphatic heterocycles. The SMILES string of the molecule is O=C1NC(=O)c2c1c(-c1cccs1)c1n[se]nc1c2-c1cccs1. The predicted molar refractivity (Wildman–Crippen MR) is 94.9 cm³/mol. The summed E-state index contributed by atoms with van der Waals surface area (Å²) in [5.41, 5.74) is 3.82. The Bertz CT molecular complexity index is 1030. The molecule has 0 spiro atoms. The van der Waals surface area contributed by atoms with Gasteiger partial charge in [0.1, 0.15) is 0 Å². The standard InChI is InChI=1S/C16H7N3O2S2Se/c20-15-11-9(7-3-1-5-22-7)13-14(19-24-18-13)10(8-4-2-6-23-8)12(11)16(21)17-15/h1-6H,(H,17,20,21). The van der Waals surface area contributed by atoms with E-state index in [0.717, 1.165) is 31.9 Å². The number of benzene rings is 1. The first-order valence-electron chi connectivity index (χ1n) is 7.01. The van der Waals surface area contributed by atoms with E-state index in [-0.39, 0.29) is 26.8 Å². The van der Waals surface area contributed by atoms with Gasteiger partial charge in [-0.15, -0.1) is 0 Å². The summed E-state index contributed by atoms with van der Waals surface area (Å²) in [7, 11) is 0. The van der Waals surface area contributed by atoms with Crippen molar-refractivity contribution in [1.29, 1.82) is 0 Å². The first-order chi connectivity index (χ1) is 11.8. The second-order valence-electron chi connectivity index (χ2n) is 5.20. The fraction of sp³-hybridized carbons (Fsp3) is 0. The summed E-state index contributed by atoms with van der Waals surface area (Å²) < 4.78 is 9.16. The molecular formula is C16H7N3O2S2Se. The number of amides is 2. The van der Waals surface area contributed by atoms with Crippen LogP contribution in [0.1, 0.15) is 20.7 Å². The Morgan fingerprint density at radius 1 is 0.792 bits per heavy atom. The normalized spacial score (nSPS) is 13.5. The van der Waals surface area contributed by atoms with Gasteiger partial charge in [0.25, 0.3) is 0 Å². The molecule has 1 N–H and O–H groups in total. The van der Waals surface area contributed by atoms with Gasteiger partial charge in [-0.25, -0.2) is 0 Å². The number of hydrogen-bond acceptors (Lipinski definition) is 6. The Morgan fingerprint density at radius 2 is 1.29 bits per heavy atom. The average Bonchev–Trinajstić information content (AvgIpc) is 3.35. The van der Waals surface area contributed by atoms with E-state index in [4.69, 9.17) is 0 Å². The second-order valence-corrected chi connectivity index (χ2v) is 8.20. The minimum atomic E-state index is -0.353. The number of carbonyl (C=O) groups excluding carboxylic acids is 2. The molecule has 3 aromatic heterocycles. The number of carbonyl (C=O) groups is 2. The van der Waals surface area contributed by atoms with Crippen LogP contribution in [0.25, 0.3) is 31.9 Å². The Labute approximate surface area is 150 Å². The fourth-order valence-corrected chi connectivity index (χ4v) is 5.74. The zero-order valence-corrected chi connectivity index (χ0v) is 15.2. The topological polar surface area (TPSA) is 72.0 Å². The van der Waals surface area contributed by atoms with Crippen LogP contribution in [0.15, 0.2) is 35.0 Å². The number of rotatable bonds is 2. The third-order valence-corrected chi connectivity index (χ3v) is 6.81. The van der Waals surface area contributed by atoms with Crippen LogP contribution >= 0.6 is 22.7 Å². The molecule has 116 valence electrons. The molecule has 0 atom stereocenters. The zero-order valence-electron chi connectivity index (χ0n) is 11.9. The van der Waals surface area contributed by atoms with Crippen molar-refractivity contribution in [3.05, 3.63) is 46.2 Å². The minimum absolute atomic E-state index is 0.255. The van der Waals surface area contributed by atoms with Gasteiger partial charge in [-0.2, -0.15) is 0 Å². The van der Waals surface area contributed by atoms with Crippen molar-refractivity contribution < 1.29 is 9.59 Å². The predicted octanol–water partition coefficient (Wildman–Crippen LogP) is 3.03. The van der Waals surface area contributed by atoms with Crippen molar-refractivity contribution in [2.45, 2.75) is 0 Å². The molecular weight excluding hydrogens is 409 g/mol. The summed E-state index contributed by atoms with van der Waals surface area (Å²) >= 11 is 2.81. The summed E-state index contributed by atoms with van der Waals surface area (Å²) in [5.74, 6) is -0.706. The van der Waals surface area contributed by atoms with Crippen LogP contribution in [0.5, 0.6) is 0 Å². The van der Waals surface area contributed by atoms with Gasteiger partial charge in [0.15, 0.2) is 0 Å². The molecule has 0 aliphatic carbocycles. The summed E-state index contributed by atoms with van der Waals surface area (Å²) in [6.45, 7) is 0. The van der Waals surface area contributed by atoms with Gasteiger partial charge in [0.2, 0.25) is 0 Å². The van der Waals surface area contributed by atoms with Crippen molar-refractivity contribution in [2.75, 3.05) is 0 Å². The summed E-state index contributed by atoms with van der Waals surface area (Å²) in [6.07, 6.45) is 0. The number of hydrogen-bond donors (Lipinski definition) is 1. The average molecular weight is 416 g/mol. The molecule has 4 aromatic rings. The van der Waals surface area contributed by atoms with Crippen molar-refractivity contribution in [2.24, 2.45) is 0 Å². The Kier molecular flexibility index (Phi) is 3.08. The molecule has 0 bridgehead atoms. The zero-order chi connectivity index (χ0) is 16.3. The van der Waals surface area contributed by atoms with Gasteiger partial charge >= 0.3 is 150 Å². The van der Waals surface area contributed by atoms with Gasteiger partial charge in [-0.3, -0.25) is 0 Å². The van der Waals surface area contributed by atoms with E-state index in [1.165, 1.54) is 22.7 Å². The fourth-order valence-electron chi connectivity index (χ4n) is 3.01. The molecule has 5 nitrogen and oxygen atoms in total. The van der Waals surface area contributed by atoms with Crippen LogP contribution in [0.2, 0.25) is 0 Å². The number of thiophene rings is 2. The maximum atomic E-state index is 12.5.